The fourth-order valence-corrected chi connectivity index (χ4v) is 2.34. The quantitative estimate of drug-likeness (QED) is 0.852. The first kappa shape index (κ1) is 14.6. The Morgan fingerprint density at radius 1 is 1.35 bits per heavy atom. The van der Waals surface area contributed by atoms with Crippen molar-refractivity contribution in [2.75, 3.05) is 33.8 Å². The summed E-state index contributed by atoms with van der Waals surface area (Å²) in [5.74, 6) is 0.354. The van der Waals surface area contributed by atoms with Crippen LogP contribution in [0.5, 0.6) is 5.75 Å². The summed E-state index contributed by atoms with van der Waals surface area (Å²) in [6.07, 6.45) is 1.79. The molecule has 0 aliphatic carbocycles. The van der Waals surface area contributed by atoms with Crippen LogP contribution in [0.3, 0.4) is 0 Å². The highest BCUT2D eigenvalue weighted by molar-refractivity contribution is 5.73. The summed E-state index contributed by atoms with van der Waals surface area (Å²) in [4.78, 5) is 15.2. The Kier molecular flexibility index (Phi) is 4.82. The van der Waals surface area contributed by atoms with Crippen LogP contribution in [0.1, 0.15) is 12.8 Å². The number of carbonyl (C=O) groups is 1. The first-order valence-electron chi connectivity index (χ1n) is 6.91. The highest BCUT2D eigenvalue weighted by Gasteiger charge is 2.24. The van der Waals surface area contributed by atoms with Gasteiger partial charge in [-0.15, -0.1) is 0 Å². The minimum absolute atomic E-state index is 0.0541. The monoisotopic (exact) mass is 280 g/mol. The van der Waals surface area contributed by atoms with E-state index in [-0.39, 0.29) is 11.8 Å². The molecule has 1 aromatic carbocycles. The third-order valence-electron chi connectivity index (χ3n) is 3.58. The van der Waals surface area contributed by atoms with Gasteiger partial charge in [-0.2, -0.15) is 0 Å². The minimum atomic E-state index is -0.326. The fraction of sp³-hybridized carbons (Fsp3) is 0.533. The van der Waals surface area contributed by atoms with Crippen LogP contribution in [0.15, 0.2) is 24.3 Å². The molecule has 0 unspecified atom stereocenters. The molecule has 0 atom stereocenters. The molecule has 1 heterocycles. The zero-order valence-corrected chi connectivity index (χ0v) is 12.0. The summed E-state index contributed by atoms with van der Waals surface area (Å²) in [7, 11) is 3.52. The Labute approximate surface area is 119 Å². The minimum Gasteiger partial charge on any atom is -0.490 e. The van der Waals surface area contributed by atoms with Gasteiger partial charge >= 0.3 is 6.03 Å². The number of urea groups is 1. The number of hydrogen-bond donors (Lipinski definition) is 0. The van der Waals surface area contributed by atoms with Crippen molar-refractivity contribution in [3.8, 4) is 5.75 Å². The van der Waals surface area contributed by atoms with Gasteiger partial charge in [0.25, 0.3) is 0 Å². The molecule has 5 heteroatoms. The zero-order valence-electron chi connectivity index (χ0n) is 12.0. The molecule has 1 fully saturated rings. The number of nitrogens with zero attached hydrogens (tertiary/aromatic N) is 2. The number of benzene rings is 1. The van der Waals surface area contributed by atoms with E-state index >= 15 is 0 Å². The molecule has 0 radical (unpaired) electrons. The summed E-state index contributed by atoms with van der Waals surface area (Å²) in [5, 5.41) is 0. The number of likely N-dealkylation sites (tertiary alicyclic amines) is 1. The molecule has 0 spiro atoms. The van der Waals surface area contributed by atoms with Crippen molar-refractivity contribution in [3.05, 3.63) is 30.1 Å². The van der Waals surface area contributed by atoms with E-state index in [2.05, 4.69) is 0 Å². The van der Waals surface area contributed by atoms with Crippen molar-refractivity contribution in [2.24, 2.45) is 5.92 Å². The first-order valence-corrected chi connectivity index (χ1v) is 6.91. The Bertz CT molecular complexity index is 457. The number of halogens is 1. The number of para-hydroxylation sites is 1. The molecule has 1 aliphatic heterocycles. The molecule has 110 valence electrons. The standard InChI is InChI=1S/C15H21FN2O2/c1-17(2)15(19)18-9-7-12(8-10-18)11-20-14-6-4-3-5-13(14)16/h3-6,12H,7-11H2,1-2H3. The topological polar surface area (TPSA) is 32.8 Å². The molecular weight excluding hydrogens is 259 g/mol. The summed E-state index contributed by atoms with van der Waals surface area (Å²) >= 11 is 0. The average molecular weight is 280 g/mol. The van der Waals surface area contributed by atoms with Crippen LogP contribution < -0.4 is 4.74 Å². The highest BCUT2D eigenvalue weighted by Crippen LogP contribution is 2.21. The number of rotatable bonds is 3. The van der Waals surface area contributed by atoms with E-state index in [1.54, 1.807) is 37.2 Å². The molecule has 20 heavy (non-hydrogen) atoms. The van der Waals surface area contributed by atoms with Crippen molar-refractivity contribution < 1.29 is 13.9 Å². The largest absolute Gasteiger partial charge is 0.490 e. The second-order valence-corrected chi connectivity index (χ2v) is 5.35. The second-order valence-electron chi connectivity index (χ2n) is 5.35. The summed E-state index contributed by atoms with van der Waals surface area (Å²) in [5.41, 5.74) is 0. The predicted molar refractivity (Wildman–Crippen MR) is 75.3 cm³/mol. The third-order valence-corrected chi connectivity index (χ3v) is 3.58. The van der Waals surface area contributed by atoms with Gasteiger partial charge in [0, 0.05) is 27.2 Å². The number of hydrogen-bond acceptors (Lipinski definition) is 2. The van der Waals surface area contributed by atoms with Crippen LogP contribution in [0.2, 0.25) is 0 Å². The van der Waals surface area contributed by atoms with Crippen LogP contribution in [0.4, 0.5) is 9.18 Å². The lowest BCUT2D eigenvalue weighted by atomic mass is 9.98. The molecule has 0 bridgehead atoms. The van der Waals surface area contributed by atoms with E-state index in [0.29, 0.717) is 18.3 Å². The van der Waals surface area contributed by atoms with Gasteiger partial charge in [0.15, 0.2) is 11.6 Å². The lowest BCUT2D eigenvalue weighted by Gasteiger charge is -2.33. The van der Waals surface area contributed by atoms with Crippen LogP contribution in [0, 0.1) is 11.7 Å². The molecule has 1 aromatic rings. The second kappa shape index (κ2) is 6.59. The van der Waals surface area contributed by atoms with Crippen LogP contribution in [-0.4, -0.2) is 49.6 Å². The fourth-order valence-electron chi connectivity index (χ4n) is 2.34. The first-order chi connectivity index (χ1) is 9.58. The van der Waals surface area contributed by atoms with Gasteiger partial charge in [-0.1, -0.05) is 12.1 Å². The van der Waals surface area contributed by atoms with Crippen LogP contribution in [-0.2, 0) is 0 Å². The Morgan fingerprint density at radius 3 is 2.60 bits per heavy atom. The maximum absolute atomic E-state index is 13.4. The van der Waals surface area contributed by atoms with Crippen molar-refractivity contribution in [1.29, 1.82) is 0 Å². The van der Waals surface area contributed by atoms with Gasteiger partial charge in [0.1, 0.15) is 0 Å². The van der Waals surface area contributed by atoms with Gasteiger partial charge in [-0.25, -0.2) is 9.18 Å². The summed E-state index contributed by atoms with van der Waals surface area (Å²) in [6.45, 7) is 1.98. The van der Waals surface area contributed by atoms with Gasteiger partial charge in [0.2, 0.25) is 0 Å². The van der Waals surface area contributed by atoms with Gasteiger partial charge in [-0.3, -0.25) is 0 Å². The molecule has 4 nitrogen and oxygen atoms in total. The van der Waals surface area contributed by atoms with Gasteiger partial charge < -0.3 is 14.5 Å². The summed E-state index contributed by atoms with van der Waals surface area (Å²) in [6, 6.07) is 6.50. The van der Waals surface area contributed by atoms with E-state index in [9.17, 15) is 9.18 Å². The maximum atomic E-state index is 13.4. The molecule has 2 rings (SSSR count). The van der Waals surface area contributed by atoms with Crippen molar-refractivity contribution in [2.45, 2.75) is 12.8 Å². The number of amides is 2. The smallest absolute Gasteiger partial charge is 0.319 e. The SMILES string of the molecule is CN(C)C(=O)N1CCC(COc2ccccc2F)CC1. The summed E-state index contributed by atoms with van der Waals surface area (Å²) < 4.78 is 18.9. The van der Waals surface area contributed by atoms with E-state index in [1.807, 2.05) is 4.90 Å². The average Bonchev–Trinajstić information content (AvgIpc) is 2.46. The lowest BCUT2D eigenvalue weighted by molar-refractivity contribution is 0.128. The molecule has 0 aromatic heterocycles. The van der Waals surface area contributed by atoms with Gasteiger partial charge in [0.05, 0.1) is 6.61 Å². The van der Waals surface area contributed by atoms with Crippen LogP contribution in [0.25, 0.3) is 0 Å². The zero-order chi connectivity index (χ0) is 14.5. The highest BCUT2D eigenvalue weighted by atomic mass is 19.1. The van der Waals surface area contributed by atoms with Crippen molar-refractivity contribution >= 4 is 6.03 Å². The van der Waals surface area contributed by atoms with E-state index in [4.69, 9.17) is 4.74 Å². The van der Waals surface area contributed by atoms with Crippen molar-refractivity contribution in [1.82, 2.24) is 9.80 Å². The number of piperidine rings is 1. The Hall–Kier alpha value is -1.78. The molecule has 1 saturated heterocycles. The Balaban J connectivity index is 1.78. The molecular formula is C15H21FN2O2. The van der Waals surface area contributed by atoms with E-state index in [1.165, 1.54) is 6.07 Å². The predicted octanol–water partition coefficient (Wildman–Crippen LogP) is 2.60. The Morgan fingerprint density at radius 2 is 2.00 bits per heavy atom. The maximum Gasteiger partial charge on any atom is 0.319 e. The molecule has 2 amide bonds. The van der Waals surface area contributed by atoms with Crippen molar-refractivity contribution in [3.63, 3.8) is 0 Å². The van der Waals surface area contributed by atoms with E-state index in [0.717, 1.165) is 25.9 Å². The lowest BCUT2D eigenvalue weighted by Crippen LogP contribution is -2.44. The van der Waals surface area contributed by atoms with E-state index < -0.39 is 0 Å². The molecule has 1 aliphatic rings. The third kappa shape index (κ3) is 3.62. The molecule has 0 N–H and O–H groups in total. The number of ether oxygens (including phenoxy) is 1. The van der Waals surface area contributed by atoms with Gasteiger partial charge in [-0.05, 0) is 30.9 Å². The normalized spacial score (nSPS) is 16.1. The molecule has 0 saturated carbocycles. The number of carbonyl (C=O) groups excluding carboxylic acids is 1. The van der Waals surface area contributed by atoms with Crippen LogP contribution >= 0.6 is 0 Å².